The van der Waals surface area contributed by atoms with Crippen LogP contribution < -0.4 is 9.47 Å². The average molecular weight is 828 g/mol. The molecule has 1 saturated carbocycles. The van der Waals surface area contributed by atoms with Gasteiger partial charge in [0.05, 0.1) is 29.0 Å². The lowest BCUT2D eigenvalue weighted by Crippen LogP contribution is -2.70. The van der Waals surface area contributed by atoms with Crippen molar-refractivity contribution in [3.05, 3.63) is 75.7 Å². The quantitative estimate of drug-likeness (QED) is 0.155. The van der Waals surface area contributed by atoms with Crippen molar-refractivity contribution in [3.63, 3.8) is 0 Å². The minimum absolute atomic E-state index is 0.00935. The number of hydrogen-bond acceptors (Lipinski definition) is 9. The molecule has 6 unspecified atom stereocenters. The molecule has 3 fully saturated rings. The van der Waals surface area contributed by atoms with Crippen molar-refractivity contribution >= 4 is 23.2 Å². The maximum absolute atomic E-state index is 15.1. The zero-order valence-corrected chi connectivity index (χ0v) is 32.4. The number of aliphatic hydroxyl groups is 2. The third kappa shape index (κ3) is 9.05. The number of halogens is 6. The van der Waals surface area contributed by atoms with E-state index >= 15 is 4.79 Å². The fraction of sp³-hybridized carbons (Fsp3) is 0.575. The van der Waals surface area contributed by atoms with Gasteiger partial charge in [-0.2, -0.15) is 26.3 Å². The number of piperidine rings is 2. The second-order valence-electron chi connectivity index (χ2n) is 15.5. The van der Waals surface area contributed by atoms with Crippen molar-refractivity contribution in [2.75, 3.05) is 19.6 Å². The second-order valence-corrected chi connectivity index (χ2v) is 16.4. The van der Waals surface area contributed by atoms with Gasteiger partial charge < -0.3 is 29.7 Å². The summed E-state index contributed by atoms with van der Waals surface area (Å²) in [5, 5.41) is 34.2. The average Bonchev–Trinajstić information content (AvgIpc) is 3.83. The van der Waals surface area contributed by atoms with Crippen LogP contribution in [0.15, 0.2) is 54.0 Å². The lowest BCUT2D eigenvalue weighted by atomic mass is 9.74. The van der Waals surface area contributed by atoms with Crippen LogP contribution in [0.4, 0.5) is 26.3 Å². The van der Waals surface area contributed by atoms with Crippen molar-refractivity contribution in [1.82, 2.24) is 14.8 Å². The number of nitrogens with zero attached hydrogens (tertiary/aromatic N) is 3. The Bertz CT molecular complexity index is 1880. The van der Waals surface area contributed by atoms with Gasteiger partial charge in [-0.15, -0.1) is 11.3 Å². The summed E-state index contributed by atoms with van der Waals surface area (Å²) in [6.45, 7) is 3.56. The van der Waals surface area contributed by atoms with Gasteiger partial charge in [0.15, 0.2) is 6.23 Å². The molecule has 0 bridgehead atoms. The number of carboxylic acid groups (broad SMARTS) is 1. The number of hydrogen-bond donors (Lipinski definition) is 3. The second kappa shape index (κ2) is 16.7. The number of carbonyl (C=O) groups excluding carboxylic acids is 1. The Hall–Kier alpha value is -3.93. The molecule has 2 aromatic heterocycles. The van der Waals surface area contributed by atoms with Gasteiger partial charge >= 0.3 is 18.3 Å². The molecular formula is C40H47F6N3O7S. The lowest BCUT2D eigenvalue weighted by Gasteiger charge is -2.53. The minimum atomic E-state index is -4.87. The lowest BCUT2D eigenvalue weighted by molar-refractivity contribution is -0.182. The molecule has 6 rings (SSSR count). The highest BCUT2D eigenvalue weighted by Crippen LogP contribution is 2.47. The molecule has 1 aliphatic carbocycles. The van der Waals surface area contributed by atoms with Gasteiger partial charge in [0.25, 0.3) is 5.91 Å². The van der Waals surface area contributed by atoms with Gasteiger partial charge in [-0.1, -0.05) is 38.5 Å². The number of ether oxygens (including phenoxy) is 2. The van der Waals surface area contributed by atoms with Crippen LogP contribution in [0.3, 0.4) is 0 Å². The van der Waals surface area contributed by atoms with E-state index in [0.717, 1.165) is 29.8 Å². The van der Waals surface area contributed by atoms with E-state index in [2.05, 4.69) is 4.98 Å². The van der Waals surface area contributed by atoms with Crippen LogP contribution in [-0.2, 0) is 27.5 Å². The first-order valence-electron chi connectivity index (χ1n) is 19.2. The molecule has 4 heterocycles. The van der Waals surface area contributed by atoms with Crippen molar-refractivity contribution in [2.45, 2.75) is 114 Å². The molecule has 2 saturated heterocycles. The topological polar surface area (TPSA) is 133 Å². The monoisotopic (exact) mass is 827 g/mol. The number of rotatable bonds is 12. The molecule has 3 N–H and O–H groups in total. The summed E-state index contributed by atoms with van der Waals surface area (Å²) in [6.07, 6.45) is -8.11. The van der Waals surface area contributed by atoms with Gasteiger partial charge in [-0.05, 0) is 75.0 Å². The van der Waals surface area contributed by atoms with E-state index in [0.29, 0.717) is 48.3 Å². The van der Waals surface area contributed by atoms with E-state index in [-0.39, 0.29) is 69.5 Å². The smallest absolute Gasteiger partial charge is 0.425 e. The number of para-hydroxylation sites is 1. The Morgan fingerprint density at radius 2 is 1.74 bits per heavy atom. The Kier molecular flexibility index (Phi) is 12.5. The summed E-state index contributed by atoms with van der Waals surface area (Å²) in [4.78, 5) is 32.1. The van der Waals surface area contributed by atoms with Crippen LogP contribution in [0.5, 0.6) is 11.5 Å². The summed E-state index contributed by atoms with van der Waals surface area (Å²) in [5.74, 6) is -1.84. The number of pyridine rings is 1. The predicted octanol–water partition coefficient (Wildman–Crippen LogP) is 8.03. The van der Waals surface area contributed by atoms with Crippen molar-refractivity contribution in [2.24, 2.45) is 11.8 Å². The summed E-state index contributed by atoms with van der Waals surface area (Å²) in [6, 6.07) is 8.56. The number of thiophene rings is 1. The molecule has 10 nitrogen and oxygen atoms in total. The van der Waals surface area contributed by atoms with E-state index in [1.165, 1.54) is 9.80 Å². The third-order valence-corrected chi connectivity index (χ3v) is 12.7. The molecule has 1 amide bonds. The first-order valence-corrected chi connectivity index (χ1v) is 20.0. The van der Waals surface area contributed by atoms with Crippen LogP contribution >= 0.6 is 11.3 Å². The number of carboxylic acids is 1. The van der Waals surface area contributed by atoms with Crippen LogP contribution in [0.1, 0.15) is 99.6 Å². The molecule has 57 heavy (non-hydrogen) atoms. The SMILES string of the molecule is CCC(C)C1N(C(O)c2ncccc2C(F)(F)F)CCCC1(Oc1csc(C(F)(F)F)c1)C(=O)N1CCC(O)(c2ccccc2OC2CCC(CC(=O)O)C2)CC1. The van der Waals surface area contributed by atoms with Gasteiger partial charge in [-0.25, -0.2) is 0 Å². The first-order chi connectivity index (χ1) is 26.9. The number of carbonyl (C=O) groups is 2. The van der Waals surface area contributed by atoms with E-state index in [4.69, 9.17) is 9.47 Å². The van der Waals surface area contributed by atoms with Gasteiger partial charge in [0.1, 0.15) is 16.4 Å². The van der Waals surface area contributed by atoms with E-state index < -0.39 is 69.8 Å². The fourth-order valence-corrected chi connectivity index (χ4v) is 9.50. The highest BCUT2D eigenvalue weighted by Gasteiger charge is 2.58. The highest BCUT2D eigenvalue weighted by molar-refractivity contribution is 7.10. The summed E-state index contributed by atoms with van der Waals surface area (Å²) >= 11 is 0.384. The molecular weight excluding hydrogens is 781 g/mol. The molecule has 3 aromatic rings. The van der Waals surface area contributed by atoms with Crippen molar-refractivity contribution in [1.29, 1.82) is 0 Å². The van der Waals surface area contributed by atoms with E-state index in [9.17, 15) is 46.5 Å². The predicted molar refractivity (Wildman–Crippen MR) is 196 cm³/mol. The Labute approximate surface area is 330 Å². The van der Waals surface area contributed by atoms with E-state index in [1.807, 2.05) is 0 Å². The summed E-state index contributed by atoms with van der Waals surface area (Å²) in [5.41, 5.74) is -4.74. The van der Waals surface area contributed by atoms with Gasteiger partial charge in [0.2, 0.25) is 5.60 Å². The highest BCUT2D eigenvalue weighted by atomic mass is 32.1. The van der Waals surface area contributed by atoms with E-state index in [1.54, 1.807) is 38.1 Å². The minimum Gasteiger partial charge on any atom is -0.490 e. The van der Waals surface area contributed by atoms with Crippen LogP contribution in [0, 0.1) is 11.8 Å². The number of aliphatic hydroxyl groups excluding tert-OH is 1. The van der Waals surface area contributed by atoms with Crippen LogP contribution in [0.2, 0.25) is 0 Å². The van der Waals surface area contributed by atoms with Crippen molar-refractivity contribution < 1.29 is 60.7 Å². The molecule has 3 aliphatic rings. The van der Waals surface area contributed by atoms with Crippen LogP contribution in [0.25, 0.3) is 0 Å². The normalized spacial score (nSPS) is 25.5. The summed E-state index contributed by atoms with van der Waals surface area (Å²) < 4.78 is 96.7. The van der Waals surface area contributed by atoms with Crippen molar-refractivity contribution in [3.8, 4) is 11.5 Å². The number of aromatic nitrogens is 1. The molecule has 0 spiro atoms. The van der Waals surface area contributed by atoms with Crippen LogP contribution in [-0.4, -0.2) is 79.4 Å². The number of benzene rings is 1. The Balaban J connectivity index is 1.32. The Morgan fingerprint density at radius 3 is 2.39 bits per heavy atom. The fourth-order valence-electron chi connectivity index (χ4n) is 8.82. The zero-order valence-electron chi connectivity index (χ0n) is 31.6. The molecule has 312 valence electrons. The number of likely N-dealkylation sites (tertiary alicyclic amines) is 2. The molecule has 0 radical (unpaired) electrons. The molecule has 6 atom stereocenters. The summed E-state index contributed by atoms with van der Waals surface area (Å²) in [7, 11) is 0. The maximum Gasteiger partial charge on any atom is 0.425 e. The standard InChI is InChI=1S/C40H47F6N3O7S/c1-3-24(2)34-38(56-27-22-31(57-23-27)40(44,45)46,13-7-17-49(34)35(52)33-29(39(41,42)43)9-6-16-47-33)36(53)48-18-14-37(54,15-19-48)28-8-4-5-10-30(28)55-26-12-11-25(20-26)21-32(50)51/h4-6,8-10,16,22-26,34-35,52,54H,3,7,11-15,17-21H2,1-2H3,(H,50,51). The van der Waals surface area contributed by atoms with Gasteiger partial charge in [-0.3, -0.25) is 19.5 Å². The number of alkyl halides is 6. The number of aliphatic carboxylic acids is 1. The number of amides is 1. The van der Waals surface area contributed by atoms with Gasteiger partial charge in [0, 0.05) is 49.3 Å². The molecule has 17 heteroatoms. The third-order valence-electron chi connectivity index (χ3n) is 11.7. The zero-order chi connectivity index (χ0) is 41.3. The largest absolute Gasteiger partial charge is 0.490 e. The Morgan fingerprint density at radius 1 is 1.02 bits per heavy atom. The maximum atomic E-state index is 15.1. The molecule has 1 aromatic carbocycles. The first kappa shape index (κ1) is 42.7. The molecule has 2 aliphatic heterocycles.